The van der Waals surface area contributed by atoms with E-state index in [0.29, 0.717) is 21.6 Å². The number of anilines is 1. The summed E-state index contributed by atoms with van der Waals surface area (Å²) in [5, 5.41) is 12.3. The second kappa shape index (κ2) is 5.71. The maximum atomic E-state index is 11.9. The number of phenols is 1. The topological polar surface area (TPSA) is 71.5 Å². The van der Waals surface area contributed by atoms with Crippen LogP contribution in [0.1, 0.15) is 10.4 Å². The molecule has 2 aromatic rings. The van der Waals surface area contributed by atoms with Gasteiger partial charge >= 0.3 is 0 Å². The molecule has 0 unspecified atom stereocenters. The fourth-order valence-corrected chi connectivity index (χ4v) is 1.72. The minimum atomic E-state index is -0.331. The van der Waals surface area contributed by atoms with Crippen LogP contribution in [0.25, 0.3) is 0 Å². The van der Waals surface area contributed by atoms with Gasteiger partial charge in [-0.2, -0.15) is 0 Å². The summed E-state index contributed by atoms with van der Waals surface area (Å²) < 4.78 is 5.60. The lowest BCUT2D eigenvalue weighted by molar-refractivity contribution is 0.102. The molecule has 0 atom stereocenters. The molecule has 19 heavy (non-hydrogen) atoms. The molecule has 1 aromatic carbocycles. The zero-order valence-electron chi connectivity index (χ0n) is 10.1. The van der Waals surface area contributed by atoms with Gasteiger partial charge in [0.2, 0.25) is 0 Å². The van der Waals surface area contributed by atoms with Crippen molar-refractivity contribution in [1.29, 1.82) is 0 Å². The first kappa shape index (κ1) is 13.4. The van der Waals surface area contributed by atoms with Gasteiger partial charge in [-0.1, -0.05) is 0 Å². The van der Waals surface area contributed by atoms with E-state index in [9.17, 15) is 9.90 Å². The number of hydrogen-bond donors (Lipinski definition) is 2. The lowest BCUT2D eigenvalue weighted by Crippen LogP contribution is -2.11. The summed E-state index contributed by atoms with van der Waals surface area (Å²) in [7, 11) is 1.45. The number of phenolic OH excluding ortho intramolecular Hbond substituents is 1. The lowest BCUT2D eigenvalue weighted by atomic mass is 10.2. The maximum absolute atomic E-state index is 11.9. The van der Waals surface area contributed by atoms with Crippen LogP contribution in [0.4, 0.5) is 5.69 Å². The van der Waals surface area contributed by atoms with Gasteiger partial charge in [0.1, 0.15) is 4.60 Å². The third-order valence-electron chi connectivity index (χ3n) is 2.43. The summed E-state index contributed by atoms with van der Waals surface area (Å²) in [6, 6.07) is 7.89. The molecule has 0 saturated heterocycles. The first-order valence-corrected chi connectivity index (χ1v) is 6.19. The SMILES string of the molecule is COc1ccc(C(=O)Nc2ccc(Br)nc2)cc1O. The predicted molar refractivity (Wildman–Crippen MR) is 74.5 cm³/mol. The van der Waals surface area contributed by atoms with Crippen molar-refractivity contribution >= 4 is 27.5 Å². The summed E-state index contributed by atoms with van der Waals surface area (Å²) in [6.45, 7) is 0. The van der Waals surface area contributed by atoms with Gasteiger partial charge in [-0.05, 0) is 46.3 Å². The Bertz CT molecular complexity index is 599. The second-order valence-electron chi connectivity index (χ2n) is 3.71. The summed E-state index contributed by atoms with van der Waals surface area (Å²) in [5.74, 6) is -0.0898. The highest BCUT2D eigenvalue weighted by Crippen LogP contribution is 2.26. The molecule has 0 aliphatic heterocycles. The molecule has 0 aliphatic carbocycles. The van der Waals surface area contributed by atoms with Crippen LogP contribution < -0.4 is 10.1 Å². The number of carbonyl (C=O) groups excluding carboxylic acids is 1. The van der Waals surface area contributed by atoms with Crippen LogP contribution in [0.2, 0.25) is 0 Å². The Morgan fingerprint density at radius 2 is 2.16 bits per heavy atom. The van der Waals surface area contributed by atoms with Gasteiger partial charge in [0.05, 0.1) is 19.0 Å². The van der Waals surface area contributed by atoms with Gasteiger partial charge in [-0.3, -0.25) is 4.79 Å². The molecular formula is C13H11BrN2O3. The van der Waals surface area contributed by atoms with E-state index in [4.69, 9.17) is 4.74 Å². The molecule has 1 amide bonds. The average Bonchev–Trinajstić information content (AvgIpc) is 2.41. The molecule has 5 nitrogen and oxygen atoms in total. The maximum Gasteiger partial charge on any atom is 0.255 e. The molecule has 0 spiro atoms. The Morgan fingerprint density at radius 1 is 1.37 bits per heavy atom. The van der Waals surface area contributed by atoms with Crippen molar-refractivity contribution in [3.05, 3.63) is 46.7 Å². The summed E-state index contributed by atoms with van der Waals surface area (Å²) in [6.07, 6.45) is 1.53. The van der Waals surface area contributed by atoms with Crippen LogP contribution >= 0.6 is 15.9 Å². The fraction of sp³-hybridized carbons (Fsp3) is 0.0769. The number of nitrogens with one attached hydrogen (secondary N) is 1. The summed E-state index contributed by atoms with van der Waals surface area (Å²) in [5.41, 5.74) is 0.907. The van der Waals surface area contributed by atoms with Crippen molar-refractivity contribution in [2.24, 2.45) is 0 Å². The van der Waals surface area contributed by atoms with Gasteiger partial charge in [0.15, 0.2) is 11.5 Å². The zero-order chi connectivity index (χ0) is 13.8. The van der Waals surface area contributed by atoms with Crippen molar-refractivity contribution < 1.29 is 14.6 Å². The molecule has 1 heterocycles. The molecule has 0 saturated carbocycles. The highest BCUT2D eigenvalue weighted by atomic mass is 79.9. The Balaban J connectivity index is 2.16. The van der Waals surface area contributed by atoms with Gasteiger partial charge < -0.3 is 15.2 Å². The largest absolute Gasteiger partial charge is 0.504 e. The predicted octanol–water partition coefficient (Wildman–Crippen LogP) is 2.81. The van der Waals surface area contributed by atoms with E-state index in [0.717, 1.165) is 0 Å². The molecular weight excluding hydrogens is 312 g/mol. The number of pyridine rings is 1. The number of aromatic nitrogens is 1. The van der Waals surface area contributed by atoms with E-state index >= 15 is 0 Å². The van der Waals surface area contributed by atoms with Crippen molar-refractivity contribution in [2.45, 2.75) is 0 Å². The third-order valence-corrected chi connectivity index (χ3v) is 2.90. The number of methoxy groups -OCH3 is 1. The van der Waals surface area contributed by atoms with Gasteiger partial charge in [-0.15, -0.1) is 0 Å². The first-order valence-electron chi connectivity index (χ1n) is 5.40. The molecule has 98 valence electrons. The molecule has 0 aliphatic rings. The van der Waals surface area contributed by atoms with Crippen molar-refractivity contribution in [2.75, 3.05) is 12.4 Å². The Hall–Kier alpha value is -2.08. The van der Waals surface area contributed by atoms with E-state index in [1.807, 2.05) is 0 Å². The molecule has 0 fully saturated rings. The number of nitrogens with zero attached hydrogens (tertiary/aromatic N) is 1. The molecule has 0 bridgehead atoms. The number of amides is 1. The van der Waals surface area contributed by atoms with E-state index in [1.54, 1.807) is 18.2 Å². The average molecular weight is 323 g/mol. The van der Waals surface area contributed by atoms with E-state index < -0.39 is 0 Å². The van der Waals surface area contributed by atoms with E-state index in [2.05, 4.69) is 26.2 Å². The van der Waals surface area contributed by atoms with Crippen LogP contribution in [0.3, 0.4) is 0 Å². The van der Waals surface area contributed by atoms with Gasteiger partial charge in [-0.25, -0.2) is 4.98 Å². The molecule has 2 N–H and O–H groups in total. The number of rotatable bonds is 3. The fourth-order valence-electron chi connectivity index (χ4n) is 1.48. The normalized spacial score (nSPS) is 10.0. The molecule has 2 rings (SSSR count). The Kier molecular flexibility index (Phi) is 4.01. The van der Waals surface area contributed by atoms with Crippen LogP contribution in [-0.4, -0.2) is 23.1 Å². The van der Waals surface area contributed by atoms with Crippen LogP contribution in [-0.2, 0) is 0 Å². The number of aromatic hydroxyl groups is 1. The number of carbonyl (C=O) groups is 1. The van der Waals surface area contributed by atoms with Crippen LogP contribution in [0, 0.1) is 0 Å². The van der Waals surface area contributed by atoms with Gasteiger partial charge in [0, 0.05) is 5.56 Å². The second-order valence-corrected chi connectivity index (χ2v) is 4.52. The first-order chi connectivity index (χ1) is 9.10. The van der Waals surface area contributed by atoms with E-state index in [-0.39, 0.29) is 11.7 Å². The smallest absolute Gasteiger partial charge is 0.255 e. The Morgan fingerprint density at radius 3 is 2.74 bits per heavy atom. The number of benzene rings is 1. The van der Waals surface area contributed by atoms with E-state index in [1.165, 1.54) is 25.4 Å². The molecule has 6 heteroatoms. The van der Waals surface area contributed by atoms with Crippen molar-refractivity contribution in [3.8, 4) is 11.5 Å². The summed E-state index contributed by atoms with van der Waals surface area (Å²) in [4.78, 5) is 16.0. The summed E-state index contributed by atoms with van der Waals surface area (Å²) >= 11 is 3.21. The minimum Gasteiger partial charge on any atom is -0.504 e. The molecule has 1 aromatic heterocycles. The van der Waals surface area contributed by atoms with Crippen molar-refractivity contribution in [3.63, 3.8) is 0 Å². The number of hydrogen-bond acceptors (Lipinski definition) is 4. The monoisotopic (exact) mass is 322 g/mol. The highest BCUT2D eigenvalue weighted by Gasteiger charge is 2.10. The standard InChI is InChI=1S/C13H11BrN2O3/c1-19-11-4-2-8(6-10(11)17)13(18)16-9-3-5-12(14)15-7-9/h2-7,17H,1H3,(H,16,18). The minimum absolute atomic E-state index is 0.0796. The van der Waals surface area contributed by atoms with Crippen LogP contribution in [0.15, 0.2) is 41.1 Å². The zero-order valence-corrected chi connectivity index (χ0v) is 11.6. The van der Waals surface area contributed by atoms with Gasteiger partial charge in [0.25, 0.3) is 5.91 Å². The highest BCUT2D eigenvalue weighted by molar-refractivity contribution is 9.10. The Labute approximate surface area is 118 Å². The lowest BCUT2D eigenvalue weighted by Gasteiger charge is -2.07. The quantitative estimate of drug-likeness (QED) is 0.852. The molecule has 0 radical (unpaired) electrons. The number of ether oxygens (including phenoxy) is 1. The van der Waals surface area contributed by atoms with Crippen molar-refractivity contribution in [1.82, 2.24) is 4.98 Å². The van der Waals surface area contributed by atoms with Crippen LogP contribution in [0.5, 0.6) is 11.5 Å². The third kappa shape index (κ3) is 3.23. The number of halogens is 1.